The van der Waals surface area contributed by atoms with Gasteiger partial charge in [0.05, 0.1) is 12.1 Å². The van der Waals surface area contributed by atoms with Crippen LogP contribution >= 0.6 is 0 Å². The van der Waals surface area contributed by atoms with Gasteiger partial charge in [0.15, 0.2) is 0 Å². The second kappa shape index (κ2) is 8.33. The highest BCUT2D eigenvalue weighted by Crippen LogP contribution is 2.34. The minimum Gasteiger partial charge on any atom is -0.376 e. The van der Waals surface area contributed by atoms with Gasteiger partial charge in [0.25, 0.3) is 0 Å². The Morgan fingerprint density at radius 1 is 0.963 bits per heavy atom. The summed E-state index contributed by atoms with van der Waals surface area (Å²) in [7, 11) is 0. The SMILES string of the molecule is O=C(CNc1ccccc1C(F)(F)F)Nc1ccc(N2CCCCC2)cc1. The maximum atomic E-state index is 13.0. The third-order valence-corrected chi connectivity index (χ3v) is 4.54. The van der Waals surface area contributed by atoms with E-state index in [-0.39, 0.29) is 12.2 Å². The molecule has 0 spiro atoms. The molecule has 7 heteroatoms. The van der Waals surface area contributed by atoms with Crippen molar-refractivity contribution in [2.24, 2.45) is 0 Å². The smallest absolute Gasteiger partial charge is 0.376 e. The molecule has 0 saturated carbocycles. The highest BCUT2D eigenvalue weighted by Gasteiger charge is 2.33. The number of piperidine rings is 1. The molecule has 0 unspecified atom stereocenters. The van der Waals surface area contributed by atoms with Crippen LogP contribution in [0.25, 0.3) is 0 Å². The van der Waals surface area contributed by atoms with Crippen LogP contribution in [0.2, 0.25) is 0 Å². The first-order valence-corrected chi connectivity index (χ1v) is 8.98. The fourth-order valence-electron chi connectivity index (χ4n) is 3.17. The number of rotatable bonds is 5. The van der Waals surface area contributed by atoms with Gasteiger partial charge in [-0.3, -0.25) is 4.79 Å². The number of carbonyl (C=O) groups is 1. The summed E-state index contributed by atoms with van der Waals surface area (Å²) in [5.74, 6) is -0.405. The van der Waals surface area contributed by atoms with Gasteiger partial charge in [-0.2, -0.15) is 13.2 Å². The van der Waals surface area contributed by atoms with E-state index in [1.165, 1.54) is 37.5 Å². The maximum Gasteiger partial charge on any atom is 0.418 e. The molecule has 1 aliphatic rings. The molecule has 4 nitrogen and oxygen atoms in total. The van der Waals surface area contributed by atoms with Crippen LogP contribution in [0.5, 0.6) is 0 Å². The molecule has 0 bridgehead atoms. The van der Waals surface area contributed by atoms with E-state index in [2.05, 4.69) is 15.5 Å². The maximum absolute atomic E-state index is 13.0. The number of nitrogens with zero attached hydrogens (tertiary/aromatic N) is 1. The lowest BCUT2D eigenvalue weighted by atomic mass is 10.1. The van der Waals surface area contributed by atoms with E-state index in [4.69, 9.17) is 0 Å². The Hall–Kier alpha value is -2.70. The minimum absolute atomic E-state index is 0.111. The van der Waals surface area contributed by atoms with Gasteiger partial charge in [-0.1, -0.05) is 12.1 Å². The predicted octanol–water partition coefficient (Wildman–Crippen LogP) is 4.75. The normalized spacial score (nSPS) is 14.7. The number of amides is 1. The fraction of sp³-hybridized carbons (Fsp3) is 0.350. The molecule has 2 aromatic rings. The van der Waals surface area contributed by atoms with Crippen LogP contribution in [0.1, 0.15) is 24.8 Å². The van der Waals surface area contributed by atoms with Gasteiger partial charge < -0.3 is 15.5 Å². The van der Waals surface area contributed by atoms with Crippen molar-refractivity contribution in [2.45, 2.75) is 25.4 Å². The average Bonchev–Trinajstić information content (AvgIpc) is 2.67. The van der Waals surface area contributed by atoms with E-state index in [9.17, 15) is 18.0 Å². The lowest BCUT2D eigenvalue weighted by Crippen LogP contribution is -2.29. The molecule has 2 N–H and O–H groups in total. The molecule has 0 aliphatic carbocycles. The van der Waals surface area contributed by atoms with Crippen molar-refractivity contribution < 1.29 is 18.0 Å². The van der Waals surface area contributed by atoms with Crippen LogP contribution in [0, 0.1) is 0 Å². The van der Waals surface area contributed by atoms with Gasteiger partial charge in [0.2, 0.25) is 5.91 Å². The Labute approximate surface area is 156 Å². The zero-order valence-electron chi connectivity index (χ0n) is 14.9. The number of alkyl halides is 3. The molecule has 144 valence electrons. The van der Waals surface area contributed by atoms with Crippen molar-refractivity contribution in [2.75, 3.05) is 35.2 Å². The summed E-state index contributed by atoms with van der Waals surface area (Å²) in [6, 6.07) is 12.6. The third kappa shape index (κ3) is 5.15. The molecule has 1 amide bonds. The van der Waals surface area contributed by atoms with Crippen molar-refractivity contribution in [3.63, 3.8) is 0 Å². The Morgan fingerprint density at radius 3 is 2.30 bits per heavy atom. The topological polar surface area (TPSA) is 44.4 Å². The number of nitrogens with one attached hydrogen (secondary N) is 2. The van der Waals surface area contributed by atoms with Crippen molar-refractivity contribution in [1.29, 1.82) is 0 Å². The zero-order valence-corrected chi connectivity index (χ0v) is 14.9. The number of para-hydroxylation sites is 1. The Balaban J connectivity index is 1.55. The summed E-state index contributed by atoms with van der Waals surface area (Å²) in [6.45, 7) is 1.82. The van der Waals surface area contributed by atoms with E-state index in [0.717, 1.165) is 24.8 Å². The molecular weight excluding hydrogens is 355 g/mol. The van der Waals surface area contributed by atoms with E-state index in [1.54, 1.807) is 0 Å². The van der Waals surface area contributed by atoms with Crippen LogP contribution in [-0.4, -0.2) is 25.5 Å². The lowest BCUT2D eigenvalue weighted by Gasteiger charge is -2.28. The molecule has 0 atom stereocenters. The van der Waals surface area contributed by atoms with Crippen LogP contribution in [0.4, 0.5) is 30.2 Å². The van der Waals surface area contributed by atoms with Gasteiger partial charge in [0.1, 0.15) is 0 Å². The second-order valence-corrected chi connectivity index (χ2v) is 6.54. The first kappa shape index (κ1) is 19.1. The average molecular weight is 377 g/mol. The number of hydrogen-bond acceptors (Lipinski definition) is 3. The Morgan fingerprint density at radius 2 is 1.63 bits per heavy atom. The number of halogens is 3. The van der Waals surface area contributed by atoms with E-state index >= 15 is 0 Å². The first-order chi connectivity index (χ1) is 12.9. The van der Waals surface area contributed by atoms with Crippen molar-refractivity contribution >= 4 is 23.0 Å². The summed E-state index contributed by atoms with van der Waals surface area (Å²) in [5, 5.41) is 5.26. The quantitative estimate of drug-likeness (QED) is 0.791. The highest BCUT2D eigenvalue weighted by molar-refractivity contribution is 5.94. The van der Waals surface area contributed by atoms with Crippen molar-refractivity contribution in [1.82, 2.24) is 0 Å². The Kier molecular flexibility index (Phi) is 5.88. The molecule has 0 aromatic heterocycles. The molecule has 1 saturated heterocycles. The van der Waals surface area contributed by atoms with Crippen LogP contribution in [-0.2, 0) is 11.0 Å². The number of hydrogen-bond donors (Lipinski definition) is 2. The largest absolute Gasteiger partial charge is 0.418 e. The monoisotopic (exact) mass is 377 g/mol. The van der Waals surface area contributed by atoms with Gasteiger partial charge >= 0.3 is 6.18 Å². The summed E-state index contributed by atoms with van der Waals surface area (Å²) >= 11 is 0. The fourth-order valence-corrected chi connectivity index (χ4v) is 3.17. The van der Waals surface area contributed by atoms with Gasteiger partial charge in [-0.25, -0.2) is 0 Å². The second-order valence-electron chi connectivity index (χ2n) is 6.54. The molecule has 1 aliphatic heterocycles. The molecule has 1 heterocycles. The number of anilines is 3. The highest BCUT2D eigenvalue weighted by atomic mass is 19.4. The van der Waals surface area contributed by atoms with Gasteiger partial charge in [0, 0.05) is 30.2 Å². The predicted molar refractivity (Wildman–Crippen MR) is 101 cm³/mol. The minimum atomic E-state index is -4.47. The standard InChI is InChI=1S/C20H22F3N3O/c21-20(22,23)17-6-2-3-7-18(17)24-14-19(27)25-15-8-10-16(11-9-15)26-12-4-1-5-13-26/h2-3,6-11,24H,1,4-5,12-14H2,(H,25,27). The molecule has 2 aromatic carbocycles. The van der Waals surface area contributed by atoms with Gasteiger partial charge in [-0.05, 0) is 55.7 Å². The molecule has 1 fully saturated rings. The zero-order chi connectivity index (χ0) is 19.3. The Bertz CT molecular complexity index is 769. The lowest BCUT2D eigenvalue weighted by molar-refractivity contribution is -0.137. The molecule has 3 rings (SSSR count). The van der Waals surface area contributed by atoms with Crippen molar-refractivity contribution in [3.8, 4) is 0 Å². The number of carbonyl (C=O) groups excluding carboxylic acids is 1. The molecule has 0 radical (unpaired) electrons. The molecular formula is C20H22F3N3O. The van der Waals surface area contributed by atoms with Crippen LogP contribution < -0.4 is 15.5 Å². The summed E-state index contributed by atoms with van der Waals surface area (Å²) in [4.78, 5) is 14.4. The van der Waals surface area contributed by atoms with Crippen LogP contribution in [0.3, 0.4) is 0 Å². The van der Waals surface area contributed by atoms with Crippen molar-refractivity contribution in [3.05, 3.63) is 54.1 Å². The number of benzene rings is 2. The van der Waals surface area contributed by atoms with Gasteiger partial charge in [-0.15, -0.1) is 0 Å². The summed E-state index contributed by atoms with van der Waals surface area (Å²) < 4.78 is 38.9. The van der Waals surface area contributed by atoms with E-state index in [1.807, 2.05) is 24.3 Å². The first-order valence-electron chi connectivity index (χ1n) is 8.98. The summed E-state index contributed by atoms with van der Waals surface area (Å²) in [6.07, 6.45) is -0.841. The summed E-state index contributed by atoms with van der Waals surface area (Å²) in [5.41, 5.74) is 0.834. The van der Waals surface area contributed by atoms with E-state index < -0.39 is 17.6 Å². The van der Waals surface area contributed by atoms with E-state index in [0.29, 0.717) is 5.69 Å². The van der Waals surface area contributed by atoms with Crippen LogP contribution in [0.15, 0.2) is 48.5 Å². The third-order valence-electron chi connectivity index (χ3n) is 4.54. The molecule has 27 heavy (non-hydrogen) atoms.